The first-order valence-corrected chi connectivity index (χ1v) is 8.04. The van der Waals surface area contributed by atoms with Crippen LogP contribution >= 0.6 is 0 Å². The predicted molar refractivity (Wildman–Crippen MR) is 97.8 cm³/mol. The number of para-hydroxylation sites is 1. The number of aromatic hydroxyl groups is 1. The van der Waals surface area contributed by atoms with Crippen LogP contribution in [0, 0.1) is 5.82 Å². The zero-order valence-electron chi connectivity index (χ0n) is 13.7. The third-order valence-corrected chi connectivity index (χ3v) is 4.04. The van der Waals surface area contributed by atoms with Crippen molar-refractivity contribution < 1.29 is 9.50 Å². The Morgan fingerprint density at radius 1 is 0.769 bits per heavy atom. The van der Waals surface area contributed by atoms with Gasteiger partial charge in [-0.15, -0.1) is 0 Å². The van der Waals surface area contributed by atoms with Crippen LogP contribution in [0.4, 0.5) is 4.39 Å². The average Bonchev–Trinajstić information content (AvgIpc) is 2.69. The highest BCUT2D eigenvalue weighted by Crippen LogP contribution is 2.36. The fraction of sp³-hybridized carbons (Fsp3) is 0. The Bertz CT molecular complexity index is 1050. The van der Waals surface area contributed by atoms with Gasteiger partial charge < -0.3 is 5.11 Å². The van der Waals surface area contributed by atoms with E-state index < -0.39 is 0 Å². The molecule has 4 nitrogen and oxygen atoms in total. The van der Waals surface area contributed by atoms with E-state index in [9.17, 15) is 9.50 Å². The van der Waals surface area contributed by atoms with Gasteiger partial charge in [0.2, 0.25) is 0 Å². The standard InChI is InChI=1S/C21H14FN3O/c22-16-7-5-14(6-8-16)18-13-24-21(15-9-11-23-12-10-15)25-20(18)17-3-1-2-4-19(17)26/h1-13,26H. The normalized spacial score (nSPS) is 10.7. The van der Waals surface area contributed by atoms with Gasteiger partial charge in [-0.2, -0.15) is 0 Å². The molecule has 0 fully saturated rings. The summed E-state index contributed by atoms with van der Waals surface area (Å²) in [6.07, 6.45) is 5.04. The molecule has 0 amide bonds. The van der Waals surface area contributed by atoms with E-state index in [1.165, 1.54) is 12.1 Å². The van der Waals surface area contributed by atoms with Gasteiger partial charge in [0, 0.05) is 35.3 Å². The lowest BCUT2D eigenvalue weighted by Gasteiger charge is -2.12. The van der Waals surface area contributed by atoms with Gasteiger partial charge in [-0.1, -0.05) is 24.3 Å². The fourth-order valence-corrected chi connectivity index (χ4v) is 2.74. The summed E-state index contributed by atoms with van der Waals surface area (Å²) in [5.74, 6) is 0.332. The van der Waals surface area contributed by atoms with Gasteiger partial charge in [0.25, 0.3) is 0 Å². The summed E-state index contributed by atoms with van der Waals surface area (Å²) in [5.41, 5.74) is 3.47. The molecule has 0 saturated heterocycles. The SMILES string of the molecule is Oc1ccccc1-c1nc(-c2ccncc2)ncc1-c1ccc(F)cc1. The van der Waals surface area contributed by atoms with Crippen LogP contribution in [0.25, 0.3) is 33.8 Å². The van der Waals surface area contributed by atoms with Gasteiger partial charge in [-0.3, -0.25) is 4.98 Å². The number of rotatable bonds is 3. The molecule has 0 bridgehead atoms. The van der Waals surface area contributed by atoms with Crippen molar-refractivity contribution in [2.45, 2.75) is 0 Å². The number of aromatic nitrogens is 3. The minimum Gasteiger partial charge on any atom is -0.507 e. The molecule has 1 N–H and O–H groups in total. The van der Waals surface area contributed by atoms with Crippen molar-refractivity contribution in [2.24, 2.45) is 0 Å². The zero-order chi connectivity index (χ0) is 17.9. The number of halogens is 1. The molecule has 0 aliphatic heterocycles. The van der Waals surface area contributed by atoms with Crippen molar-refractivity contribution >= 4 is 0 Å². The highest BCUT2D eigenvalue weighted by Gasteiger charge is 2.15. The Balaban J connectivity index is 1.94. The number of hydrogen-bond donors (Lipinski definition) is 1. The lowest BCUT2D eigenvalue weighted by Crippen LogP contribution is -1.96. The molecule has 0 spiro atoms. The topological polar surface area (TPSA) is 58.9 Å². The number of phenols is 1. The monoisotopic (exact) mass is 343 g/mol. The second-order valence-electron chi connectivity index (χ2n) is 5.72. The molecule has 0 atom stereocenters. The molecule has 0 aliphatic rings. The van der Waals surface area contributed by atoms with Crippen LogP contribution in [-0.4, -0.2) is 20.1 Å². The van der Waals surface area contributed by atoms with Gasteiger partial charge in [-0.05, 0) is 42.0 Å². The summed E-state index contributed by atoms with van der Waals surface area (Å²) in [6.45, 7) is 0. The van der Waals surface area contributed by atoms with Crippen LogP contribution in [0.1, 0.15) is 0 Å². The average molecular weight is 343 g/mol. The number of benzene rings is 2. The lowest BCUT2D eigenvalue weighted by molar-refractivity contribution is 0.477. The fourth-order valence-electron chi connectivity index (χ4n) is 2.74. The predicted octanol–water partition coefficient (Wildman–Crippen LogP) is 4.72. The third-order valence-electron chi connectivity index (χ3n) is 4.04. The van der Waals surface area contributed by atoms with Crippen molar-refractivity contribution in [3.8, 4) is 39.5 Å². The Morgan fingerprint density at radius 3 is 2.23 bits per heavy atom. The van der Waals surface area contributed by atoms with Gasteiger partial charge in [0.1, 0.15) is 11.6 Å². The summed E-state index contributed by atoms with van der Waals surface area (Å²) in [7, 11) is 0. The lowest BCUT2D eigenvalue weighted by atomic mass is 10.00. The quantitative estimate of drug-likeness (QED) is 0.585. The van der Waals surface area contributed by atoms with Crippen molar-refractivity contribution in [1.29, 1.82) is 0 Å². The maximum atomic E-state index is 13.3. The first-order valence-electron chi connectivity index (χ1n) is 8.04. The highest BCUT2D eigenvalue weighted by molar-refractivity contribution is 5.83. The molecular formula is C21H14FN3O. The van der Waals surface area contributed by atoms with Crippen LogP contribution in [0.3, 0.4) is 0 Å². The van der Waals surface area contributed by atoms with E-state index in [1.807, 2.05) is 18.2 Å². The van der Waals surface area contributed by atoms with E-state index in [1.54, 1.807) is 48.9 Å². The number of nitrogens with zero attached hydrogens (tertiary/aromatic N) is 3. The maximum Gasteiger partial charge on any atom is 0.159 e. The van der Waals surface area contributed by atoms with Crippen molar-refractivity contribution in [3.05, 3.63) is 85.1 Å². The molecule has 0 aliphatic carbocycles. The molecule has 2 aromatic carbocycles. The summed E-state index contributed by atoms with van der Waals surface area (Å²) in [5, 5.41) is 10.3. The van der Waals surface area contributed by atoms with Crippen LogP contribution in [0.15, 0.2) is 79.3 Å². The second-order valence-corrected chi connectivity index (χ2v) is 5.72. The van der Waals surface area contributed by atoms with Crippen LogP contribution < -0.4 is 0 Å². The summed E-state index contributed by atoms with van der Waals surface area (Å²) in [6, 6.07) is 16.7. The molecule has 2 aromatic heterocycles. The van der Waals surface area contributed by atoms with Gasteiger partial charge >= 0.3 is 0 Å². The molecule has 4 aromatic rings. The van der Waals surface area contributed by atoms with E-state index in [2.05, 4.69) is 15.0 Å². The first kappa shape index (κ1) is 15.9. The van der Waals surface area contributed by atoms with E-state index in [-0.39, 0.29) is 11.6 Å². The van der Waals surface area contributed by atoms with Crippen molar-refractivity contribution in [2.75, 3.05) is 0 Å². The largest absolute Gasteiger partial charge is 0.507 e. The van der Waals surface area contributed by atoms with E-state index in [4.69, 9.17) is 0 Å². The molecule has 26 heavy (non-hydrogen) atoms. The molecule has 5 heteroatoms. The minimum atomic E-state index is -0.313. The minimum absolute atomic E-state index is 0.121. The summed E-state index contributed by atoms with van der Waals surface area (Å²) in [4.78, 5) is 13.1. The summed E-state index contributed by atoms with van der Waals surface area (Å²) < 4.78 is 13.3. The Hall–Kier alpha value is -3.60. The molecule has 4 rings (SSSR count). The first-order chi connectivity index (χ1) is 12.7. The number of pyridine rings is 1. The van der Waals surface area contributed by atoms with Crippen LogP contribution in [0.5, 0.6) is 5.75 Å². The zero-order valence-corrected chi connectivity index (χ0v) is 13.7. The maximum absolute atomic E-state index is 13.3. The second kappa shape index (κ2) is 6.72. The van der Waals surface area contributed by atoms with E-state index in [0.29, 0.717) is 22.6 Å². The third kappa shape index (κ3) is 3.02. The van der Waals surface area contributed by atoms with Crippen LogP contribution in [0.2, 0.25) is 0 Å². The highest BCUT2D eigenvalue weighted by atomic mass is 19.1. The molecular weight excluding hydrogens is 329 g/mol. The van der Waals surface area contributed by atoms with E-state index in [0.717, 1.165) is 11.1 Å². The van der Waals surface area contributed by atoms with Gasteiger partial charge in [-0.25, -0.2) is 14.4 Å². The summed E-state index contributed by atoms with van der Waals surface area (Å²) >= 11 is 0. The Labute approximate surface area is 149 Å². The van der Waals surface area contributed by atoms with Crippen LogP contribution in [-0.2, 0) is 0 Å². The molecule has 0 saturated carbocycles. The van der Waals surface area contributed by atoms with Gasteiger partial charge in [0.05, 0.1) is 5.69 Å². The number of hydrogen-bond acceptors (Lipinski definition) is 4. The van der Waals surface area contributed by atoms with E-state index >= 15 is 0 Å². The molecule has 0 unspecified atom stereocenters. The molecule has 2 heterocycles. The number of phenolic OH excluding ortho intramolecular Hbond substituents is 1. The molecule has 0 radical (unpaired) electrons. The Morgan fingerprint density at radius 2 is 1.50 bits per heavy atom. The van der Waals surface area contributed by atoms with Crippen molar-refractivity contribution in [3.63, 3.8) is 0 Å². The Kier molecular flexibility index (Phi) is 4.11. The smallest absolute Gasteiger partial charge is 0.159 e. The van der Waals surface area contributed by atoms with Crippen molar-refractivity contribution in [1.82, 2.24) is 15.0 Å². The van der Waals surface area contributed by atoms with Gasteiger partial charge in [0.15, 0.2) is 5.82 Å². The molecule has 126 valence electrons.